The SMILES string of the molecule is O=C(O)c1ccc(C2[C@@H]3CC[C@H]2CN(C(=O)C2CC2)C3)cc1F. The topological polar surface area (TPSA) is 57.6 Å². The average molecular weight is 317 g/mol. The van der Waals surface area contributed by atoms with Crippen molar-refractivity contribution in [3.05, 3.63) is 35.1 Å². The summed E-state index contributed by atoms with van der Waals surface area (Å²) in [5.41, 5.74) is 0.612. The number of benzene rings is 1. The molecule has 0 aromatic heterocycles. The maximum absolute atomic E-state index is 14.0. The molecule has 3 atom stereocenters. The Morgan fingerprint density at radius 3 is 2.26 bits per heavy atom. The van der Waals surface area contributed by atoms with E-state index >= 15 is 0 Å². The van der Waals surface area contributed by atoms with E-state index in [1.807, 2.05) is 4.90 Å². The number of carbonyl (C=O) groups is 2. The maximum atomic E-state index is 14.0. The zero-order chi connectivity index (χ0) is 16.1. The Labute approximate surface area is 134 Å². The summed E-state index contributed by atoms with van der Waals surface area (Å²) in [6, 6.07) is 4.51. The third kappa shape index (κ3) is 2.52. The van der Waals surface area contributed by atoms with Gasteiger partial charge in [0.25, 0.3) is 0 Å². The van der Waals surface area contributed by atoms with Crippen LogP contribution in [0, 0.1) is 23.6 Å². The first-order valence-corrected chi connectivity index (χ1v) is 8.36. The summed E-state index contributed by atoms with van der Waals surface area (Å²) in [6.07, 6.45) is 4.17. The van der Waals surface area contributed by atoms with Crippen molar-refractivity contribution in [1.29, 1.82) is 0 Å². The predicted octanol–water partition coefficient (Wildman–Crippen LogP) is 2.89. The monoisotopic (exact) mass is 317 g/mol. The molecule has 0 radical (unpaired) electrons. The number of piperidine rings is 1. The standard InChI is InChI=1S/C18H20FNO3/c19-15-7-11(5-6-14(15)18(22)23)16-12-3-4-13(16)9-20(8-12)17(21)10-1-2-10/h5-7,10,12-13,16H,1-4,8-9H2,(H,22,23)/t12-,13+,16?. The molecule has 1 aromatic rings. The number of fused-ring (bicyclic) bond motifs is 2. The Kier molecular flexibility index (Phi) is 3.39. The van der Waals surface area contributed by atoms with Gasteiger partial charge in [0.2, 0.25) is 5.91 Å². The number of likely N-dealkylation sites (tertiary alicyclic amines) is 1. The maximum Gasteiger partial charge on any atom is 0.338 e. The Morgan fingerprint density at radius 2 is 1.74 bits per heavy atom. The Bertz CT molecular complexity index is 656. The highest BCUT2D eigenvalue weighted by molar-refractivity contribution is 5.88. The number of nitrogens with zero attached hydrogens (tertiary/aromatic N) is 1. The lowest BCUT2D eigenvalue weighted by molar-refractivity contribution is -0.135. The molecule has 0 spiro atoms. The fraction of sp³-hybridized carbons (Fsp3) is 0.556. The van der Waals surface area contributed by atoms with Crippen LogP contribution in [0.3, 0.4) is 0 Å². The van der Waals surface area contributed by atoms with Crippen LogP contribution in [0.25, 0.3) is 0 Å². The second-order valence-corrected chi connectivity index (χ2v) is 7.19. The van der Waals surface area contributed by atoms with E-state index in [4.69, 9.17) is 5.11 Å². The van der Waals surface area contributed by atoms with Crippen LogP contribution < -0.4 is 0 Å². The first-order chi connectivity index (χ1) is 11.0. The summed E-state index contributed by atoms with van der Waals surface area (Å²) >= 11 is 0. The lowest BCUT2D eigenvalue weighted by Gasteiger charge is -2.38. The van der Waals surface area contributed by atoms with Gasteiger partial charge in [0.15, 0.2) is 0 Å². The Balaban J connectivity index is 1.56. The number of amides is 1. The molecule has 3 aliphatic rings. The van der Waals surface area contributed by atoms with Gasteiger partial charge < -0.3 is 10.0 Å². The fourth-order valence-corrected chi connectivity index (χ4v) is 4.45. The van der Waals surface area contributed by atoms with Gasteiger partial charge in [-0.15, -0.1) is 0 Å². The van der Waals surface area contributed by atoms with Crippen LogP contribution in [0.1, 0.15) is 47.5 Å². The van der Waals surface area contributed by atoms with Crippen molar-refractivity contribution in [2.24, 2.45) is 17.8 Å². The third-order valence-electron chi connectivity index (χ3n) is 5.68. The van der Waals surface area contributed by atoms with Crippen molar-refractivity contribution in [3.63, 3.8) is 0 Å². The second kappa shape index (κ2) is 5.32. The van der Waals surface area contributed by atoms with Gasteiger partial charge in [-0.25, -0.2) is 9.18 Å². The molecule has 4 nitrogen and oxygen atoms in total. The van der Waals surface area contributed by atoms with Crippen molar-refractivity contribution < 1.29 is 19.1 Å². The average Bonchev–Trinajstić information content (AvgIpc) is 3.32. The molecule has 2 aliphatic carbocycles. The van der Waals surface area contributed by atoms with Crippen LogP contribution >= 0.6 is 0 Å². The summed E-state index contributed by atoms with van der Waals surface area (Å²) < 4.78 is 14.0. The molecule has 1 heterocycles. The van der Waals surface area contributed by atoms with E-state index in [9.17, 15) is 14.0 Å². The molecule has 23 heavy (non-hydrogen) atoms. The smallest absolute Gasteiger partial charge is 0.338 e. The fourth-order valence-electron chi connectivity index (χ4n) is 4.45. The van der Waals surface area contributed by atoms with E-state index in [1.165, 1.54) is 12.1 Å². The molecule has 1 aromatic carbocycles. The van der Waals surface area contributed by atoms with Crippen LogP contribution in [0.2, 0.25) is 0 Å². The summed E-state index contributed by atoms with van der Waals surface area (Å²) in [4.78, 5) is 25.3. The number of hydrogen-bond donors (Lipinski definition) is 1. The minimum absolute atomic E-state index is 0.246. The van der Waals surface area contributed by atoms with Crippen molar-refractivity contribution >= 4 is 11.9 Å². The van der Waals surface area contributed by atoms with Crippen molar-refractivity contribution in [2.45, 2.75) is 31.6 Å². The highest BCUT2D eigenvalue weighted by Gasteiger charge is 2.46. The number of carbonyl (C=O) groups excluding carboxylic acids is 1. The number of rotatable bonds is 3. The number of hydrogen-bond acceptors (Lipinski definition) is 2. The van der Waals surface area contributed by atoms with Gasteiger partial charge in [-0.05, 0) is 61.1 Å². The second-order valence-electron chi connectivity index (χ2n) is 7.19. The van der Waals surface area contributed by atoms with Crippen LogP contribution in [0.15, 0.2) is 18.2 Å². The summed E-state index contributed by atoms with van der Waals surface area (Å²) in [7, 11) is 0. The Morgan fingerprint density at radius 1 is 1.09 bits per heavy atom. The van der Waals surface area contributed by atoms with Crippen molar-refractivity contribution in [3.8, 4) is 0 Å². The van der Waals surface area contributed by atoms with Crippen LogP contribution in [0.5, 0.6) is 0 Å². The summed E-state index contributed by atoms with van der Waals surface area (Å²) in [6.45, 7) is 1.53. The summed E-state index contributed by atoms with van der Waals surface area (Å²) in [5.74, 6) is -0.368. The van der Waals surface area contributed by atoms with Crippen molar-refractivity contribution in [1.82, 2.24) is 4.90 Å². The molecular formula is C18H20FNO3. The Hall–Kier alpha value is -1.91. The van der Waals surface area contributed by atoms with E-state index in [0.717, 1.165) is 44.3 Å². The number of aromatic carboxylic acids is 1. The van der Waals surface area contributed by atoms with E-state index in [2.05, 4.69) is 0 Å². The molecule has 2 saturated carbocycles. The van der Waals surface area contributed by atoms with Gasteiger partial charge in [-0.1, -0.05) is 6.07 Å². The molecule has 122 valence electrons. The van der Waals surface area contributed by atoms with E-state index < -0.39 is 11.8 Å². The van der Waals surface area contributed by atoms with Crippen LogP contribution in [-0.2, 0) is 4.79 Å². The van der Waals surface area contributed by atoms with Crippen LogP contribution in [-0.4, -0.2) is 35.0 Å². The number of carboxylic acid groups (broad SMARTS) is 1. The molecule has 4 rings (SSSR count). The van der Waals surface area contributed by atoms with Gasteiger partial charge in [0.1, 0.15) is 5.82 Å². The van der Waals surface area contributed by atoms with Gasteiger partial charge in [-0.3, -0.25) is 4.79 Å². The minimum atomic E-state index is -1.23. The minimum Gasteiger partial charge on any atom is -0.478 e. The van der Waals surface area contributed by atoms with Gasteiger partial charge in [0.05, 0.1) is 5.56 Å². The molecule has 1 amide bonds. The highest BCUT2D eigenvalue weighted by atomic mass is 19.1. The molecule has 1 unspecified atom stereocenters. The van der Waals surface area contributed by atoms with E-state index in [0.29, 0.717) is 17.7 Å². The van der Waals surface area contributed by atoms with Gasteiger partial charge in [0, 0.05) is 19.0 Å². The molecule has 1 aliphatic heterocycles. The van der Waals surface area contributed by atoms with Crippen molar-refractivity contribution in [2.75, 3.05) is 13.1 Å². The van der Waals surface area contributed by atoms with E-state index in [-0.39, 0.29) is 17.4 Å². The number of halogens is 1. The normalized spacial score (nSPS) is 29.6. The molecule has 1 N–H and O–H groups in total. The third-order valence-corrected chi connectivity index (χ3v) is 5.68. The van der Waals surface area contributed by atoms with Gasteiger partial charge >= 0.3 is 5.97 Å². The first-order valence-electron chi connectivity index (χ1n) is 8.36. The zero-order valence-electron chi connectivity index (χ0n) is 12.9. The van der Waals surface area contributed by atoms with Crippen LogP contribution in [0.4, 0.5) is 4.39 Å². The molecule has 1 saturated heterocycles. The number of carboxylic acids is 1. The molecule has 2 bridgehead atoms. The molecule has 3 fully saturated rings. The van der Waals surface area contributed by atoms with E-state index in [1.54, 1.807) is 6.07 Å². The lowest BCUT2D eigenvalue weighted by atomic mass is 9.79. The lowest BCUT2D eigenvalue weighted by Crippen LogP contribution is -2.44. The molecular weight excluding hydrogens is 297 g/mol. The summed E-state index contributed by atoms with van der Waals surface area (Å²) in [5, 5.41) is 8.95. The molecule has 5 heteroatoms. The zero-order valence-corrected chi connectivity index (χ0v) is 12.9. The van der Waals surface area contributed by atoms with Gasteiger partial charge in [-0.2, -0.15) is 0 Å². The highest BCUT2D eigenvalue weighted by Crippen LogP contribution is 2.49. The quantitative estimate of drug-likeness (QED) is 0.932. The largest absolute Gasteiger partial charge is 0.478 e. The first kappa shape index (κ1) is 14.7. The predicted molar refractivity (Wildman–Crippen MR) is 81.6 cm³/mol.